The van der Waals surface area contributed by atoms with Crippen LogP contribution in [0.4, 0.5) is 0 Å². The first-order valence-electron chi connectivity index (χ1n) is 11.8. The van der Waals surface area contributed by atoms with Gasteiger partial charge < -0.3 is 5.32 Å². The Hall–Kier alpha value is -3.77. The average molecular weight is 450 g/mol. The number of hydrogen-bond donors (Lipinski definition) is 1. The number of aryl methyl sites for hydroxylation is 1. The van der Waals surface area contributed by atoms with Crippen molar-refractivity contribution in [1.29, 1.82) is 0 Å². The van der Waals surface area contributed by atoms with Crippen molar-refractivity contribution in [2.45, 2.75) is 32.5 Å². The van der Waals surface area contributed by atoms with Gasteiger partial charge in [-0.05, 0) is 45.9 Å². The molecule has 0 atom stereocenters. The summed E-state index contributed by atoms with van der Waals surface area (Å²) in [6.45, 7) is 3.00. The van der Waals surface area contributed by atoms with E-state index in [1.165, 1.54) is 27.8 Å². The van der Waals surface area contributed by atoms with Gasteiger partial charge in [-0.25, -0.2) is 0 Å². The van der Waals surface area contributed by atoms with Crippen molar-refractivity contribution >= 4 is 5.91 Å². The Labute approximate surface area is 199 Å². The topological polar surface area (TPSA) is 63.1 Å². The van der Waals surface area contributed by atoms with E-state index < -0.39 is 0 Å². The molecule has 0 spiro atoms. The molecule has 1 aliphatic carbocycles. The molecule has 1 amide bonds. The summed E-state index contributed by atoms with van der Waals surface area (Å²) in [5.41, 5.74) is 10.6. The van der Waals surface area contributed by atoms with Gasteiger partial charge in [-0.15, -0.1) is 0 Å². The van der Waals surface area contributed by atoms with Crippen LogP contribution in [0.15, 0.2) is 67.0 Å². The number of carbonyl (C=O) groups is 1. The Balaban J connectivity index is 1.17. The van der Waals surface area contributed by atoms with E-state index in [0.717, 1.165) is 49.3 Å². The minimum absolute atomic E-state index is 0.127. The molecule has 6 nitrogen and oxygen atoms in total. The lowest BCUT2D eigenvalue weighted by Crippen LogP contribution is -2.32. The number of amides is 1. The fraction of sp³-hybridized carbons (Fsp3) is 0.250. The molecule has 0 unspecified atom stereocenters. The van der Waals surface area contributed by atoms with Crippen molar-refractivity contribution in [1.82, 2.24) is 25.0 Å². The van der Waals surface area contributed by atoms with E-state index in [-0.39, 0.29) is 5.91 Å². The Bertz CT molecular complexity index is 1380. The van der Waals surface area contributed by atoms with Gasteiger partial charge >= 0.3 is 0 Å². The van der Waals surface area contributed by atoms with Gasteiger partial charge in [0.15, 0.2) is 5.69 Å². The first-order chi connectivity index (χ1) is 16.7. The van der Waals surface area contributed by atoms with Crippen molar-refractivity contribution in [3.05, 3.63) is 106 Å². The van der Waals surface area contributed by atoms with Crippen molar-refractivity contribution in [2.24, 2.45) is 7.05 Å². The van der Waals surface area contributed by atoms with Crippen LogP contribution < -0.4 is 5.32 Å². The first kappa shape index (κ1) is 20.8. The van der Waals surface area contributed by atoms with Crippen LogP contribution in [0.25, 0.3) is 11.1 Å². The zero-order valence-electron chi connectivity index (χ0n) is 19.3. The number of nitrogens with zero attached hydrogens (tertiary/aromatic N) is 4. The summed E-state index contributed by atoms with van der Waals surface area (Å²) in [6, 6.07) is 19.4. The maximum absolute atomic E-state index is 13.0. The Kier molecular flexibility index (Phi) is 5.23. The molecule has 0 saturated carbocycles. The number of hydrogen-bond acceptors (Lipinski definition) is 4. The maximum Gasteiger partial charge on any atom is 0.272 e. The van der Waals surface area contributed by atoms with Crippen molar-refractivity contribution < 1.29 is 4.79 Å². The van der Waals surface area contributed by atoms with Gasteiger partial charge in [0.25, 0.3) is 5.91 Å². The summed E-state index contributed by atoms with van der Waals surface area (Å²) >= 11 is 0. The molecule has 2 aromatic heterocycles. The van der Waals surface area contributed by atoms with E-state index in [1.54, 1.807) is 12.4 Å². The van der Waals surface area contributed by atoms with Crippen LogP contribution in [0.5, 0.6) is 0 Å². The second-order valence-electron chi connectivity index (χ2n) is 9.23. The second-order valence-corrected chi connectivity index (χ2v) is 9.23. The van der Waals surface area contributed by atoms with Gasteiger partial charge in [-0.3, -0.25) is 19.4 Å². The minimum atomic E-state index is -0.127. The normalized spacial score (nSPS) is 14.4. The molecule has 3 heterocycles. The molecule has 0 fully saturated rings. The molecule has 6 heteroatoms. The summed E-state index contributed by atoms with van der Waals surface area (Å²) in [6.07, 6.45) is 5.40. The number of pyridine rings is 1. The Morgan fingerprint density at radius 1 is 1.03 bits per heavy atom. The predicted octanol–water partition coefficient (Wildman–Crippen LogP) is 3.87. The fourth-order valence-electron chi connectivity index (χ4n) is 5.29. The van der Waals surface area contributed by atoms with E-state index in [0.29, 0.717) is 12.2 Å². The summed E-state index contributed by atoms with van der Waals surface area (Å²) in [7, 11) is 1.94. The van der Waals surface area contributed by atoms with Gasteiger partial charge in [-0.1, -0.05) is 48.5 Å². The molecule has 2 aromatic carbocycles. The largest absolute Gasteiger partial charge is 0.346 e. The highest BCUT2D eigenvalue weighted by Crippen LogP contribution is 2.37. The highest BCUT2D eigenvalue weighted by molar-refractivity contribution is 5.94. The molecule has 0 saturated heterocycles. The number of aromatic nitrogens is 3. The lowest BCUT2D eigenvalue weighted by atomic mass is 10.0. The zero-order valence-corrected chi connectivity index (χ0v) is 19.3. The monoisotopic (exact) mass is 449 g/mol. The fourth-order valence-corrected chi connectivity index (χ4v) is 5.29. The van der Waals surface area contributed by atoms with Gasteiger partial charge in [-0.2, -0.15) is 5.10 Å². The molecule has 34 heavy (non-hydrogen) atoms. The summed E-state index contributed by atoms with van der Waals surface area (Å²) in [5.74, 6) is -0.127. The van der Waals surface area contributed by atoms with Gasteiger partial charge in [0.1, 0.15) is 0 Å². The molecule has 170 valence electrons. The van der Waals surface area contributed by atoms with Crippen LogP contribution in [0.2, 0.25) is 0 Å². The van der Waals surface area contributed by atoms with Gasteiger partial charge in [0.2, 0.25) is 0 Å². The third-order valence-corrected chi connectivity index (χ3v) is 6.98. The van der Waals surface area contributed by atoms with Crippen molar-refractivity contribution in [3.63, 3.8) is 0 Å². The van der Waals surface area contributed by atoms with Crippen molar-refractivity contribution in [3.8, 4) is 11.1 Å². The molecule has 6 rings (SSSR count). The molecule has 0 radical (unpaired) electrons. The summed E-state index contributed by atoms with van der Waals surface area (Å²) < 4.78 is 1.87. The summed E-state index contributed by atoms with van der Waals surface area (Å²) in [5, 5.41) is 7.59. The third kappa shape index (κ3) is 3.80. The van der Waals surface area contributed by atoms with Gasteiger partial charge in [0, 0.05) is 63.3 Å². The SMILES string of the molecule is Cn1nc(C(=O)NCc2cccnc2)c2c1CCN(Cc1ccc3c(c1)Cc1ccccc1-3)C2. The number of fused-ring (bicyclic) bond motifs is 4. The minimum Gasteiger partial charge on any atom is -0.346 e. The molecule has 1 N–H and O–H groups in total. The number of rotatable bonds is 5. The van der Waals surface area contributed by atoms with E-state index in [1.807, 2.05) is 23.9 Å². The van der Waals surface area contributed by atoms with Crippen LogP contribution in [0, 0.1) is 0 Å². The van der Waals surface area contributed by atoms with Crippen LogP contribution in [0.3, 0.4) is 0 Å². The van der Waals surface area contributed by atoms with E-state index in [2.05, 4.69) is 62.8 Å². The van der Waals surface area contributed by atoms with Crippen molar-refractivity contribution in [2.75, 3.05) is 6.54 Å². The Morgan fingerprint density at radius 2 is 1.91 bits per heavy atom. The highest BCUT2D eigenvalue weighted by Gasteiger charge is 2.27. The average Bonchev–Trinajstić information content (AvgIpc) is 3.40. The molecule has 2 aliphatic rings. The molecular formula is C28H27N5O. The van der Waals surface area contributed by atoms with Gasteiger partial charge in [0.05, 0.1) is 0 Å². The smallest absolute Gasteiger partial charge is 0.272 e. The number of carbonyl (C=O) groups excluding carboxylic acids is 1. The van der Waals surface area contributed by atoms with E-state index in [9.17, 15) is 4.79 Å². The highest BCUT2D eigenvalue weighted by atomic mass is 16.1. The van der Waals surface area contributed by atoms with E-state index >= 15 is 0 Å². The zero-order chi connectivity index (χ0) is 23.1. The quantitative estimate of drug-likeness (QED) is 0.442. The molecule has 4 aromatic rings. The predicted molar refractivity (Wildman–Crippen MR) is 131 cm³/mol. The van der Waals surface area contributed by atoms with E-state index in [4.69, 9.17) is 0 Å². The van der Waals surface area contributed by atoms with Crippen LogP contribution in [-0.2, 0) is 39.5 Å². The third-order valence-electron chi connectivity index (χ3n) is 6.98. The van der Waals surface area contributed by atoms with Crippen LogP contribution in [0.1, 0.15) is 44.0 Å². The number of nitrogens with one attached hydrogen (secondary N) is 1. The lowest BCUT2D eigenvalue weighted by molar-refractivity contribution is 0.0942. The number of benzene rings is 2. The first-order valence-corrected chi connectivity index (χ1v) is 11.8. The summed E-state index contributed by atoms with van der Waals surface area (Å²) in [4.78, 5) is 19.5. The standard InChI is InChI=1S/C28H27N5O/c1-32-26-10-12-33(17-19-8-9-24-22(13-19)14-21-6-2-3-7-23(21)24)18-25(26)27(31-32)28(34)30-16-20-5-4-11-29-15-20/h2-9,11,13,15H,10,12,14,16-18H2,1H3,(H,30,34). The Morgan fingerprint density at radius 3 is 2.79 bits per heavy atom. The lowest BCUT2D eigenvalue weighted by Gasteiger charge is -2.27. The molecule has 0 bridgehead atoms. The molecule has 1 aliphatic heterocycles. The van der Waals surface area contributed by atoms with Crippen LogP contribution >= 0.6 is 0 Å². The van der Waals surface area contributed by atoms with Crippen LogP contribution in [-0.4, -0.2) is 32.1 Å². The molecular weight excluding hydrogens is 422 g/mol. The second kappa shape index (κ2) is 8.54. The maximum atomic E-state index is 13.0.